The van der Waals surface area contributed by atoms with Gasteiger partial charge in [0.25, 0.3) is 0 Å². The second kappa shape index (κ2) is 5.19. The molecule has 2 N–H and O–H groups in total. The molecule has 94 valence electrons. The van der Waals surface area contributed by atoms with E-state index in [1.165, 1.54) is 0 Å². The molecule has 0 aliphatic heterocycles. The highest BCUT2D eigenvalue weighted by molar-refractivity contribution is 6.30. The number of rotatable bonds is 2. The van der Waals surface area contributed by atoms with Gasteiger partial charge in [-0.15, -0.1) is 0 Å². The summed E-state index contributed by atoms with van der Waals surface area (Å²) in [5.41, 5.74) is 0.843. The quantitative estimate of drug-likeness (QED) is 0.797. The molecular weight excluding hydrogens is 238 g/mol. The highest BCUT2D eigenvalue weighted by Crippen LogP contribution is 2.25. The highest BCUT2D eigenvalue weighted by Gasteiger charge is 2.24. The van der Waals surface area contributed by atoms with E-state index in [1.54, 1.807) is 0 Å². The number of nitrogens with one attached hydrogen (secondary N) is 1. The molecule has 0 amide bonds. The van der Waals surface area contributed by atoms with Gasteiger partial charge in [0.15, 0.2) is 0 Å². The Labute approximate surface area is 106 Å². The van der Waals surface area contributed by atoms with Crippen LogP contribution < -0.4 is 5.32 Å². The maximum Gasteiger partial charge on any atom is 0.137 e. The lowest BCUT2D eigenvalue weighted by Crippen LogP contribution is -2.36. The summed E-state index contributed by atoms with van der Waals surface area (Å²) < 4.78 is 0. The van der Waals surface area contributed by atoms with Gasteiger partial charge in [-0.2, -0.15) is 0 Å². The Kier molecular flexibility index (Phi) is 3.84. The topological polar surface area (TPSA) is 58.0 Å². The average Bonchev–Trinajstić information content (AvgIpc) is 2.28. The third-order valence-corrected chi connectivity index (χ3v) is 3.62. The lowest BCUT2D eigenvalue weighted by molar-refractivity contribution is 0.116. The third-order valence-electron chi connectivity index (χ3n) is 3.25. The number of aryl methyl sites for hydroxylation is 1. The molecule has 1 heterocycles. The van der Waals surface area contributed by atoms with Crippen LogP contribution in [0.3, 0.4) is 0 Å². The van der Waals surface area contributed by atoms with E-state index in [0.717, 1.165) is 37.1 Å². The minimum absolute atomic E-state index is 0.0767. The van der Waals surface area contributed by atoms with Crippen LogP contribution in [0.15, 0.2) is 0 Å². The van der Waals surface area contributed by atoms with Gasteiger partial charge in [0.1, 0.15) is 16.8 Å². The first-order valence-corrected chi connectivity index (χ1v) is 6.41. The summed E-state index contributed by atoms with van der Waals surface area (Å²) in [6, 6.07) is 0.0767. The normalized spacial score (nSPS) is 24.7. The van der Waals surface area contributed by atoms with Crippen LogP contribution in [0.5, 0.6) is 0 Å². The molecule has 17 heavy (non-hydrogen) atoms. The first-order chi connectivity index (χ1) is 8.08. The van der Waals surface area contributed by atoms with E-state index in [4.69, 9.17) is 11.6 Å². The first-order valence-electron chi connectivity index (χ1n) is 6.03. The van der Waals surface area contributed by atoms with Crippen molar-refractivity contribution in [2.75, 3.05) is 5.32 Å². The summed E-state index contributed by atoms with van der Waals surface area (Å²) in [6.45, 7) is 3.70. The SMILES string of the molecule is Cc1nc(Cl)c(C)c(NC2CCCCC2O)n1. The van der Waals surface area contributed by atoms with Gasteiger partial charge in [0.05, 0.1) is 12.1 Å². The summed E-state index contributed by atoms with van der Waals surface area (Å²) in [5, 5.41) is 13.7. The van der Waals surface area contributed by atoms with Crippen molar-refractivity contribution in [1.82, 2.24) is 9.97 Å². The van der Waals surface area contributed by atoms with E-state index < -0.39 is 0 Å². The molecule has 1 fully saturated rings. The molecule has 2 unspecified atom stereocenters. The van der Waals surface area contributed by atoms with Crippen LogP contribution in [0, 0.1) is 13.8 Å². The number of anilines is 1. The van der Waals surface area contributed by atoms with E-state index in [9.17, 15) is 5.11 Å². The number of aliphatic hydroxyl groups excluding tert-OH is 1. The summed E-state index contributed by atoms with van der Waals surface area (Å²) in [7, 11) is 0. The molecule has 1 aromatic heterocycles. The van der Waals surface area contributed by atoms with Gasteiger partial charge in [0.2, 0.25) is 0 Å². The van der Waals surface area contributed by atoms with Crippen molar-refractivity contribution in [3.63, 3.8) is 0 Å². The number of halogens is 1. The van der Waals surface area contributed by atoms with Crippen molar-refractivity contribution in [1.29, 1.82) is 0 Å². The van der Waals surface area contributed by atoms with Crippen molar-refractivity contribution in [2.24, 2.45) is 0 Å². The zero-order valence-corrected chi connectivity index (χ0v) is 11.0. The minimum atomic E-state index is -0.294. The second-order valence-electron chi connectivity index (χ2n) is 4.64. The van der Waals surface area contributed by atoms with Crippen LogP contribution in [0.2, 0.25) is 5.15 Å². The molecule has 1 aromatic rings. The smallest absolute Gasteiger partial charge is 0.137 e. The van der Waals surface area contributed by atoms with Gasteiger partial charge in [-0.25, -0.2) is 9.97 Å². The van der Waals surface area contributed by atoms with Crippen LogP contribution in [0.1, 0.15) is 37.1 Å². The molecule has 2 rings (SSSR count). The Morgan fingerprint density at radius 2 is 1.94 bits per heavy atom. The molecule has 4 nitrogen and oxygen atoms in total. The summed E-state index contributed by atoms with van der Waals surface area (Å²) >= 11 is 6.02. The number of hydrogen-bond acceptors (Lipinski definition) is 4. The zero-order valence-electron chi connectivity index (χ0n) is 10.2. The molecule has 1 saturated carbocycles. The molecular formula is C12H18ClN3O. The Balaban J connectivity index is 2.17. The Bertz CT molecular complexity index is 411. The molecule has 2 atom stereocenters. The fraction of sp³-hybridized carbons (Fsp3) is 0.667. The first kappa shape index (κ1) is 12.6. The van der Waals surface area contributed by atoms with Gasteiger partial charge >= 0.3 is 0 Å². The predicted octanol–water partition coefficient (Wildman–Crippen LogP) is 2.46. The van der Waals surface area contributed by atoms with Gasteiger partial charge in [0, 0.05) is 5.56 Å². The van der Waals surface area contributed by atoms with Crippen molar-refractivity contribution < 1.29 is 5.11 Å². The van der Waals surface area contributed by atoms with Gasteiger partial charge in [-0.05, 0) is 26.7 Å². The average molecular weight is 256 g/mol. The van der Waals surface area contributed by atoms with E-state index in [0.29, 0.717) is 11.0 Å². The lowest BCUT2D eigenvalue weighted by Gasteiger charge is -2.29. The van der Waals surface area contributed by atoms with Crippen LogP contribution in [0.25, 0.3) is 0 Å². The van der Waals surface area contributed by atoms with Crippen LogP contribution >= 0.6 is 11.6 Å². The lowest BCUT2D eigenvalue weighted by atomic mass is 9.92. The molecule has 1 aliphatic rings. The molecule has 0 bridgehead atoms. The van der Waals surface area contributed by atoms with Crippen molar-refractivity contribution in [3.8, 4) is 0 Å². The zero-order chi connectivity index (χ0) is 12.4. The Morgan fingerprint density at radius 3 is 2.65 bits per heavy atom. The highest BCUT2D eigenvalue weighted by atomic mass is 35.5. The Hall–Kier alpha value is -0.870. The summed E-state index contributed by atoms with van der Waals surface area (Å²) in [6.07, 6.45) is 3.78. The van der Waals surface area contributed by atoms with Crippen LogP contribution in [-0.4, -0.2) is 27.2 Å². The molecule has 5 heteroatoms. The van der Waals surface area contributed by atoms with Crippen molar-refractivity contribution in [3.05, 3.63) is 16.5 Å². The number of aromatic nitrogens is 2. The summed E-state index contributed by atoms with van der Waals surface area (Å²) in [4.78, 5) is 8.44. The number of hydrogen-bond donors (Lipinski definition) is 2. The largest absolute Gasteiger partial charge is 0.391 e. The van der Waals surface area contributed by atoms with Gasteiger partial charge in [-0.1, -0.05) is 24.4 Å². The monoisotopic (exact) mass is 255 g/mol. The van der Waals surface area contributed by atoms with Crippen LogP contribution in [-0.2, 0) is 0 Å². The van der Waals surface area contributed by atoms with Crippen LogP contribution in [0.4, 0.5) is 5.82 Å². The molecule has 0 saturated heterocycles. The fourth-order valence-electron chi connectivity index (χ4n) is 2.19. The van der Waals surface area contributed by atoms with Crippen molar-refractivity contribution >= 4 is 17.4 Å². The maximum absolute atomic E-state index is 9.92. The predicted molar refractivity (Wildman–Crippen MR) is 68.4 cm³/mol. The van der Waals surface area contributed by atoms with E-state index in [-0.39, 0.29) is 12.1 Å². The third kappa shape index (κ3) is 2.87. The number of nitrogens with zero attached hydrogens (tertiary/aromatic N) is 2. The fourth-order valence-corrected chi connectivity index (χ4v) is 2.40. The Morgan fingerprint density at radius 1 is 1.24 bits per heavy atom. The van der Waals surface area contributed by atoms with Gasteiger partial charge in [-0.3, -0.25) is 0 Å². The maximum atomic E-state index is 9.92. The van der Waals surface area contributed by atoms with E-state index in [2.05, 4.69) is 15.3 Å². The second-order valence-corrected chi connectivity index (χ2v) is 5.00. The molecule has 1 aliphatic carbocycles. The number of aliphatic hydroxyl groups is 1. The van der Waals surface area contributed by atoms with E-state index >= 15 is 0 Å². The summed E-state index contributed by atoms with van der Waals surface area (Å²) in [5.74, 6) is 1.39. The molecule has 0 spiro atoms. The van der Waals surface area contributed by atoms with Crippen molar-refractivity contribution in [2.45, 2.75) is 51.7 Å². The van der Waals surface area contributed by atoms with E-state index in [1.807, 2.05) is 13.8 Å². The minimum Gasteiger partial charge on any atom is -0.391 e. The molecule has 0 radical (unpaired) electrons. The molecule has 0 aromatic carbocycles. The standard InChI is InChI=1S/C12H18ClN3O/c1-7-11(13)14-8(2)15-12(7)16-9-5-3-4-6-10(9)17/h9-10,17H,3-6H2,1-2H3,(H,14,15,16). The van der Waals surface area contributed by atoms with Gasteiger partial charge < -0.3 is 10.4 Å².